The van der Waals surface area contributed by atoms with E-state index in [1.54, 1.807) is 11.6 Å². The number of benzene rings is 1. The molecule has 3 N–H and O–H groups in total. The molecule has 1 aliphatic heterocycles. The Balaban J connectivity index is 1.88. The maximum atomic E-state index is 12.9. The highest BCUT2D eigenvalue weighted by Gasteiger charge is 2.31. The number of hydrogen-bond donors (Lipinski definition) is 2. The van der Waals surface area contributed by atoms with E-state index in [0.717, 1.165) is 35.9 Å². The van der Waals surface area contributed by atoms with Crippen molar-refractivity contribution in [2.45, 2.75) is 44.2 Å². The zero-order valence-electron chi connectivity index (χ0n) is 14.7. The quantitative estimate of drug-likeness (QED) is 0.792. The van der Waals surface area contributed by atoms with Gasteiger partial charge < -0.3 is 5.73 Å². The van der Waals surface area contributed by atoms with Crippen molar-refractivity contribution in [3.63, 3.8) is 0 Å². The van der Waals surface area contributed by atoms with Crippen molar-refractivity contribution in [1.29, 1.82) is 0 Å². The predicted molar refractivity (Wildman–Crippen MR) is 98.4 cm³/mol. The van der Waals surface area contributed by atoms with Gasteiger partial charge in [0.05, 0.1) is 11.0 Å². The third-order valence-corrected chi connectivity index (χ3v) is 5.42. The highest BCUT2D eigenvalue weighted by Crippen LogP contribution is 2.32. The number of carbonyl (C=O) groups is 2. The van der Waals surface area contributed by atoms with Gasteiger partial charge in [-0.05, 0) is 37.3 Å². The van der Waals surface area contributed by atoms with Crippen molar-refractivity contribution in [2.24, 2.45) is 12.8 Å². The first-order valence-electron chi connectivity index (χ1n) is 8.96. The first-order valence-corrected chi connectivity index (χ1v) is 8.96. The van der Waals surface area contributed by atoms with Gasteiger partial charge in [0.2, 0.25) is 11.8 Å². The maximum absolute atomic E-state index is 12.9. The van der Waals surface area contributed by atoms with Gasteiger partial charge in [-0.15, -0.1) is 0 Å². The van der Waals surface area contributed by atoms with Crippen LogP contribution in [0.25, 0.3) is 16.6 Å². The Kier molecular flexibility index (Phi) is 4.03. The second-order valence-corrected chi connectivity index (χ2v) is 7.12. The van der Waals surface area contributed by atoms with Gasteiger partial charge in [-0.1, -0.05) is 18.2 Å². The number of aryl methyl sites for hydroxylation is 1. The summed E-state index contributed by atoms with van der Waals surface area (Å²) in [5, 5.41) is 2.34. The van der Waals surface area contributed by atoms with Gasteiger partial charge in [0.15, 0.2) is 0 Å². The first kappa shape index (κ1) is 16.8. The summed E-state index contributed by atoms with van der Waals surface area (Å²) < 4.78 is 3.12. The minimum Gasteiger partial charge on any atom is -0.327 e. The number of carbonyl (C=O) groups excluding carboxylic acids is 2. The number of imidazole rings is 1. The molecule has 1 fully saturated rings. The molecule has 1 aromatic carbocycles. The average Bonchev–Trinajstić information content (AvgIpc) is 2.87. The van der Waals surface area contributed by atoms with Gasteiger partial charge in [-0.25, -0.2) is 4.79 Å². The van der Waals surface area contributed by atoms with Crippen molar-refractivity contribution in [1.82, 2.24) is 14.5 Å². The second-order valence-electron chi connectivity index (χ2n) is 7.12. The number of nitrogens with two attached hydrogens (primary N) is 1. The van der Waals surface area contributed by atoms with Crippen LogP contribution in [0.5, 0.6) is 0 Å². The minimum atomic E-state index is -0.659. The van der Waals surface area contributed by atoms with Gasteiger partial charge in [-0.3, -0.25) is 24.0 Å². The number of para-hydroxylation sites is 1. The maximum Gasteiger partial charge on any atom is 0.329 e. The molecule has 7 nitrogen and oxygen atoms in total. The van der Waals surface area contributed by atoms with E-state index >= 15 is 0 Å². The van der Waals surface area contributed by atoms with E-state index < -0.39 is 11.9 Å². The van der Waals surface area contributed by atoms with Crippen LogP contribution in [0.1, 0.15) is 43.7 Å². The molecule has 2 aromatic rings. The third kappa shape index (κ3) is 2.59. The van der Waals surface area contributed by atoms with E-state index in [0.29, 0.717) is 6.42 Å². The molecule has 0 bridgehead atoms. The van der Waals surface area contributed by atoms with Gasteiger partial charge in [0.25, 0.3) is 0 Å². The fourth-order valence-corrected chi connectivity index (χ4v) is 4.03. The van der Waals surface area contributed by atoms with E-state index in [1.165, 1.54) is 10.1 Å². The molecular formula is C19H22N4O3. The van der Waals surface area contributed by atoms with Crippen LogP contribution < -0.4 is 16.7 Å². The smallest absolute Gasteiger partial charge is 0.327 e. The van der Waals surface area contributed by atoms with Crippen molar-refractivity contribution in [3.05, 3.63) is 40.3 Å². The highest BCUT2D eigenvalue weighted by atomic mass is 16.2. The number of aromatic nitrogens is 2. The monoisotopic (exact) mass is 354 g/mol. The number of nitrogens with one attached hydrogen (secondary N) is 1. The third-order valence-electron chi connectivity index (χ3n) is 5.42. The number of fused-ring (bicyclic) bond motifs is 1. The van der Waals surface area contributed by atoms with Gasteiger partial charge in [0.1, 0.15) is 6.04 Å². The molecule has 26 heavy (non-hydrogen) atoms. The number of piperidine rings is 1. The van der Waals surface area contributed by atoms with E-state index in [-0.39, 0.29) is 24.1 Å². The molecule has 1 aromatic heterocycles. The molecule has 2 aliphatic rings. The Bertz CT molecular complexity index is 998. The SMILES string of the molecule is Cn1c(=O)n(C2CCC(=O)NC2=O)c2cccc(C3=CCC(N)CC3)c21. The van der Waals surface area contributed by atoms with Crippen LogP contribution in [-0.4, -0.2) is 27.0 Å². The predicted octanol–water partition coefficient (Wildman–Crippen LogP) is 1.21. The van der Waals surface area contributed by atoms with Crippen molar-refractivity contribution in [2.75, 3.05) is 0 Å². The standard InChI is InChI=1S/C19H22N4O3/c1-22-17-13(11-5-7-12(20)8-6-11)3-2-4-14(17)23(19(22)26)15-9-10-16(24)21-18(15)25/h2-5,12,15H,6-10,20H2,1H3,(H,21,24,25). The molecule has 2 amide bonds. The molecule has 2 heterocycles. The van der Waals surface area contributed by atoms with Gasteiger partial charge in [0, 0.05) is 25.1 Å². The highest BCUT2D eigenvalue weighted by molar-refractivity contribution is 6.00. The summed E-state index contributed by atoms with van der Waals surface area (Å²) in [6, 6.07) is 5.32. The normalized spacial score (nSPS) is 23.8. The zero-order valence-corrected chi connectivity index (χ0v) is 14.7. The lowest BCUT2D eigenvalue weighted by atomic mass is 9.90. The fraction of sp³-hybridized carbons (Fsp3) is 0.421. The van der Waals surface area contributed by atoms with Crippen LogP contribution >= 0.6 is 0 Å². The fourth-order valence-electron chi connectivity index (χ4n) is 4.03. The summed E-state index contributed by atoms with van der Waals surface area (Å²) in [7, 11) is 1.73. The number of amides is 2. The topological polar surface area (TPSA) is 99.1 Å². The largest absolute Gasteiger partial charge is 0.329 e. The Morgan fingerprint density at radius 2 is 1.96 bits per heavy atom. The van der Waals surface area contributed by atoms with Crippen molar-refractivity contribution < 1.29 is 9.59 Å². The molecule has 2 unspecified atom stereocenters. The molecule has 136 valence electrons. The molecule has 0 radical (unpaired) electrons. The molecule has 0 saturated carbocycles. The summed E-state index contributed by atoms with van der Waals surface area (Å²) in [5.41, 5.74) is 9.50. The average molecular weight is 354 g/mol. The Hall–Kier alpha value is -2.67. The Labute approximate surface area is 150 Å². The lowest BCUT2D eigenvalue weighted by Gasteiger charge is -2.22. The molecule has 2 atom stereocenters. The Morgan fingerprint density at radius 3 is 2.65 bits per heavy atom. The van der Waals surface area contributed by atoms with Crippen LogP contribution in [0.3, 0.4) is 0 Å². The minimum absolute atomic E-state index is 0.190. The van der Waals surface area contributed by atoms with Gasteiger partial charge >= 0.3 is 5.69 Å². The van der Waals surface area contributed by atoms with E-state index in [1.807, 2.05) is 18.2 Å². The van der Waals surface area contributed by atoms with Crippen LogP contribution in [0, 0.1) is 0 Å². The molecule has 1 aliphatic carbocycles. The van der Waals surface area contributed by atoms with E-state index in [2.05, 4.69) is 11.4 Å². The summed E-state index contributed by atoms with van der Waals surface area (Å²) in [6.45, 7) is 0. The van der Waals surface area contributed by atoms with Crippen molar-refractivity contribution >= 4 is 28.4 Å². The number of rotatable bonds is 2. The number of hydrogen-bond acceptors (Lipinski definition) is 4. The first-order chi connectivity index (χ1) is 12.5. The Morgan fingerprint density at radius 1 is 1.15 bits per heavy atom. The van der Waals surface area contributed by atoms with E-state index in [4.69, 9.17) is 5.73 Å². The molecule has 1 saturated heterocycles. The van der Waals surface area contributed by atoms with Gasteiger partial charge in [-0.2, -0.15) is 0 Å². The van der Waals surface area contributed by atoms with Crippen LogP contribution in [0.15, 0.2) is 29.1 Å². The van der Waals surface area contributed by atoms with Crippen LogP contribution in [0.4, 0.5) is 0 Å². The number of imide groups is 1. The summed E-state index contributed by atoms with van der Waals surface area (Å²) in [5.74, 6) is -0.701. The van der Waals surface area contributed by atoms with Crippen molar-refractivity contribution in [3.8, 4) is 0 Å². The lowest BCUT2D eigenvalue weighted by molar-refractivity contribution is -0.135. The zero-order chi connectivity index (χ0) is 18.4. The van der Waals surface area contributed by atoms with E-state index in [9.17, 15) is 14.4 Å². The second kappa shape index (κ2) is 6.25. The molecule has 0 spiro atoms. The molecular weight excluding hydrogens is 332 g/mol. The number of nitrogens with zero attached hydrogens (tertiary/aromatic N) is 2. The molecule has 4 rings (SSSR count). The molecule has 7 heteroatoms. The van der Waals surface area contributed by atoms with Crippen LogP contribution in [-0.2, 0) is 16.6 Å². The lowest BCUT2D eigenvalue weighted by Crippen LogP contribution is -2.44. The van der Waals surface area contributed by atoms with Crippen LogP contribution in [0.2, 0.25) is 0 Å². The number of allylic oxidation sites excluding steroid dienone is 1. The summed E-state index contributed by atoms with van der Waals surface area (Å²) >= 11 is 0. The summed E-state index contributed by atoms with van der Waals surface area (Å²) in [4.78, 5) is 36.7. The summed E-state index contributed by atoms with van der Waals surface area (Å²) in [6.07, 6.45) is 5.35.